The third kappa shape index (κ3) is 2.99. The van der Waals surface area contributed by atoms with Crippen molar-refractivity contribution in [1.29, 1.82) is 0 Å². The zero-order valence-electron chi connectivity index (χ0n) is 11.9. The average molecular weight is 309 g/mol. The highest BCUT2D eigenvalue weighted by Crippen LogP contribution is 2.31. The lowest BCUT2D eigenvalue weighted by molar-refractivity contribution is 0.365. The first kappa shape index (κ1) is 14.3. The first-order chi connectivity index (χ1) is 10.8. The molecule has 2 N–H and O–H groups in total. The van der Waals surface area contributed by atoms with Crippen molar-refractivity contribution >= 4 is 17.0 Å². The molecule has 0 aliphatic rings. The molecule has 110 valence electrons. The maximum absolute atomic E-state index is 6.02. The third-order valence-electron chi connectivity index (χ3n) is 3.05. The maximum Gasteiger partial charge on any atom is 0.142 e. The van der Waals surface area contributed by atoms with Gasteiger partial charge in [0.25, 0.3) is 0 Å². The molecule has 0 atom stereocenters. The zero-order valence-corrected chi connectivity index (χ0v) is 12.7. The van der Waals surface area contributed by atoms with Gasteiger partial charge >= 0.3 is 0 Å². The van der Waals surface area contributed by atoms with Crippen LogP contribution in [0.4, 0.5) is 5.69 Å². The minimum atomic E-state index is 0.435. The molecule has 2 aromatic heterocycles. The van der Waals surface area contributed by atoms with Crippen LogP contribution in [0.5, 0.6) is 5.75 Å². The minimum Gasteiger partial charge on any atom is -0.487 e. The van der Waals surface area contributed by atoms with E-state index in [9.17, 15) is 0 Å². The molecule has 3 rings (SSSR count). The number of aromatic nitrogens is 2. The lowest BCUT2D eigenvalue weighted by atomic mass is 10.1. The SMILES string of the molecule is C=CCOc1ccc(-c2csc(-c3ccccn3)n2)cc1N. The van der Waals surface area contributed by atoms with E-state index in [0.29, 0.717) is 18.0 Å². The van der Waals surface area contributed by atoms with Gasteiger partial charge in [-0.2, -0.15) is 0 Å². The fraction of sp³-hybridized carbons (Fsp3) is 0.0588. The Morgan fingerprint density at radius 1 is 1.23 bits per heavy atom. The van der Waals surface area contributed by atoms with Crippen LogP contribution in [0.1, 0.15) is 0 Å². The molecule has 4 nitrogen and oxygen atoms in total. The van der Waals surface area contributed by atoms with Gasteiger partial charge in [0, 0.05) is 17.1 Å². The van der Waals surface area contributed by atoms with E-state index in [1.165, 1.54) is 0 Å². The quantitative estimate of drug-likeness (QED) is 0.571. The summed E-state index contributed by atoms with van der Waals surface area (Å²) in [6.07, 6.45) is 3.45. The lowest BCUT2D eigenvalue weighted by Gasteiger charge is -2.07. The van der Waals surface area contributed by atoms with Crippen molar-refractivity contribution in [2.24, 2.45) is 0 Å². The molecule has 3 aromatic rings. The summed E-state index contributed by atoms with van der Waals surface area (Å²) in [4.78, 5) is 8.94. The van der Waals surface area contributed by atoms with Gasteiger partial charge in [-0.05, 0) is 30.3 Å². The molecule has 0 radical (unpaired) electrons. The Bertz CT molecular complexity index is 784. The Morgan fingerprint density at radius 3 is 2.86 bits per heavy atom. The second kappa shape index (κ2) is 6.41. The maximum atomic E-state index is 6.02. The molecule has 0 spiro atoms. The Balaban J connectivity index is 1.87. The molecule has 2 heterocycles. The van der Waals surface area contributed by atoms with Crippen LogP contribution < -0.4 is 10.5 Å². The summed E-state index contributed by atoms with van der Waals surface area (Å²) >= 11 is 1.56. The molecule has 0 aliphatic heterocycles. The predicted octanol–water partition coefficient (Wildman–Crippen LogP) is 4.02. The smallest absolute Gasteiger partial charge is 0.142 e. The number of nitrogen functional groups attached to an aromatic ring is 1. The van der Waals surface area contributed by atoms with Gasteiger partial charge in [0.2, 0.25) is 0 Å². The second-order valence-electron chi connectivity index (χ2n) is 4.61. The first-order valence-electron chi connectivity index (χ1n) is 6.78. The predicted molar refractivity (Wildman–Crippen MR) is 90.9 cm³/mol. The molecule has 0 aliphatic carbocycles. The largest absolute Gasteiger partial charge is 0.487 e. The van der Waals surface area contributed by atoms with Gasteiger partial charge in [0.15, 0.2) is 0 Å². The Hall–Kier alpha value is -2.66. The molecule has 0 unspecified atom stereocenters. The Labute approximate surface area is 132 Å². The van der Waals surface area contributed by atoms with Gasteiger partial charge in [-0.3, -0.25) is 4.98 Å². The molecule has 0 bridgehead atoms. The van der Waals surface area contributed by atoms with Gasteiger partial charge in [-0.25, -0.2) is 4.98 Å². The standard InChI is InChI=1S/C17H15N3OS/c1-2-9-21-16-7-6-12(10-13(16)18)15-11-22-17(20-15)14-5-3-4-8-19-14/h2-8,10-11H,1,9,18H2. The highest BCUT2D eigenvalue weighted by molar-refractivity contribution is 7.13. The zero-order chi connectivity index (χ0) is 15.4. The van der Waals surface area contributed by atoms with Crippen LogP contribution in [0.2, 0.25) is 0 Å². The fourth-order valence-corrected chi connectivity index (χ4v) is 2.81. The molecular weight excluding hydrogens is 294 g/mol. The lowest BCUT2D eigenvalue weighted by Crippen LogP contribution is -1.97. The van der Waals surface area contributed by atoms with Crippen LogP contribution in [0.15, 0.2) is 60.6 Å². The van der Waals surface area contributed by atoms with Gasteiger partial charge < -0.3 is 10.5 Å². The van der Waals surface area contributed by atoms with Crippen molar-refractivity contribution in [2.75, 3.05) is 12.3 Å². The van der Waals surface area contributed by atoms with Crippen LogP contribution in [-0.2, 0) is 0 Å². The second-order valence-corrected chi connectivity index (χ2v) is 5.46. The van der Waals surface area contributed by atoms with Gasteiger partial charge in [0.05, 0.1) is 17.1 Å². The van der Waals surface area contributed by atoms with E-state index >= 15 is 0 Å². The topological polar surface area (TPSA) is 61.0 Å². The molecule has 0 saturated carbocycles. The highest BCUT2D eigenvalue weighted by Gasteiger charge is 2.09. The van der Waals surface area contributed by atoms with Crippen LogP contribution in [-0.4, -0.2) is 16.6 Å². The van der Waals surface area contributed by atoms with Crippen molar-refractivity contribution in [3.8, 4) is 27.7 Å². The van der Waals surface area contributed by atoms with Crippen LogP contribution >= 0.6 is 11.3 Å². The van der Waals surface area contributed by atoms with E-state index in [1.54, 1.807) is 23.6 Å². The van der Waals surface area contributed by atoms with Gasteiger partial charge in [-0.1, -0.05) is 18.7 Å². The van der Waals surface area contributed by atoms with E-state index in [2.05, 4.69) is 16.5 Å². The van der Waals surface area contributed by atoms with Crippen molar-refractivity contribution in [2.45, 2.75) is 0 Å². The number of ether oxygens (including phenoxy) is 1. The molecule has 1 aromatic carbocycles. The number of rotatable bonds is 5. The molecule has 5 heteroatoms. The van der Waals surface area contributed by atoms with E-state index < -0.39 is 0 Å². The summed E-state index contributed by atoms with van der Waals surface area (Å²) in [6, 6.07) is 11.5. The number of hydrogen-bond donors (Lipinski definition) is 1. The van der Waals surface area contributed by atoms with E-state index in [4.69, 9.17) is 10.5 Å². The first-order valence-corrected chi connectivity index (χ1v) is 7.66. The number of benzene rings is 1. The van der Waals surface area contributed by atoms with Crippen molar-refractivity contribution in [3.05, 3.63) is 60.6 Å². The van der Waals surface area contributed by atoms with Crippen LogP contribution in [0.3, 0.4) is 0 Å². The molecule has 22 heavy (non-hydrogen) atoms. The average Bonchev–Trinajstić information content (AvgIpc) is 3.04. The Morgan fingerprint density at radius 2 is 2.14 bits per heavy atom. The number of nitrogens with two attached hydrogens (primary N) is 1. The molecule has 0 fully saturated rings. The normalized spacial score (nSPS) is 10.4. The van der Waals surface area contributed by atoms with E-state index in [0.717, 1.165) is 22.0 Å². The van der Waals surface area contributed by atoms with E-state index in [1.807, 2.05) is 41.8 Å². The Kier molecular flexibility index (Phi) is 4.16. The molecular formula is C17H15N3OS. The minimum absolute atomic E-state index is 0.435. The summed E-state index contributed by atoms with van der Waals surface area (Å²) in [7, 11) is 0. The van der Waals surface area contributed by atoms with Crippen LogP contribution in [0, 0.1) is 0 Å². The number of nitrogens with zero attached hydrogens (tertiary/aromatic N) is 2. The fourth-order valence-electron chi connectivity index (χ4n) is 2.00. The van der Waals surface area contributed by atoms with Gasteiger partial charge in [0.1, 0.15) is 17.4 Å². The number of pyridine rings is 1. The number of hydrogen-bond acceptors (Lipinski definition) is 5. The third-order valence-corrected chi connectivity index (χ3v) is 3.92. The summed E-state index contributed by atoms with van der Waals surface area (Å²) in [5.74, 6) is 0.656. The summed E-state index contributed by atoms with van der Waals surface area (Å²) in [5.41, 5.74) is 9.33. The van der Waals surface area contributed by atoms with Crippen molar-refractivity contribution < 1.29 is 4.74 Å². The van der Waals surface area contributed by atoms with Gasteiger partial charge in [-0.15, -0.1) is 11.3 Å². The molecule has 0 amide bonds. The molecule has 0 saturated heterocycles. The monoisotopic (exact) mass is 309 g/mol. The summed E-state index contributed by atoms with van der Waals surface area (Å²) in [6.45, 7) is 4.06. The number of anilines is 1. The summed E-state index contributed by atoms with van der Waals surface area (Å²) < 4.78 is 5.48. The summed E-state index contributed by atoms with van der Waals surface area (Å²) in [5, 5.41) is 2.89. The van der Waals surface area contributed by atoms with Crippen molar-refractivity contribution in [1.82, 2.24) is 9.97 Å². The van der Waals surface area contributed by atoms with Crippen molar-refractivity contribution in [3.63, 3.8) is 0 Å². The number of thiazole rings is 1. The van der Waals surface area contributed by atoms with Crippen LogP contribution in [0.25, 0.3) is 22.0 Å². The highest BCUT2D eigenvalue weighted by atomic mass is 32.1. The van der Waals surface area contributed by atoms with E-state index in [-0.39, 0.29) is 0 Å².